The Kier molecular flexibility index (Phi) is 8.99. The second kappa shape index (κ2) is 11.3. The average molecular weight is 478 g/mol. The smallest absolute Gasteiger partial charge is 0.244 e. The van der Waals surface area contributed by atoms with E-state index in [0.717, 1.165) is 21.7 Å². The van der Waals surface area contributed by atoms with Gasteiger partial charge in [-0.1, -0.05) is 31.2 Å². The van der Waals surface area contributed by atoms with E-state index in [1.807, 2.05) is 20.8 Å². The second-order valence-electron chi connectivity index (χ2n) is 8.12. The van der Waals surface area contributed by atoms with Crippen molar-refractivity contribution >= 4 is 27.5 Å². The molecule has 0 aromatic heterocycles. The average Bonchev–Trinajstić information content (AvgIpc) is 2.75. The van der Waals surface area contributed by atoms with Gasteiger partial charge in [-0.25, -0.2) is 12.8 Å². The third kappa shape index (κ3) is 7.02. The number of carbonyl (C=O) groups is 2. The van der Waals surface area contributed by atoms with Crippen LogP contribution in [0.5, 0.6) is 0 Å². The van der Waals surface area contributed by atoms with Gasteiger partial charge in [0.25, 0.3) is 0 Å². The van der Waals surface area contributed by atoms with Gasteiger partial charge in [0.1, 0.15) is 18.4 Å². The third-order valence-electron chi connectivity index (χ3n) is 5.47. The highest BCUT2D eigenvalue weighted by Gasteiger charge is 2.30. The number of amides is 2. The van der Waals surface area contributed by atoms with Gasteiger partial charge in [-0.3, -0.25) is 13.9 Å². The Balaban J connectivity index is 2.40. The van der Waals surface area contributed by atoms with Crippen LogP contribution in [0.1, 0.15) is 37.0 Å². The Hall–Kier alpha value is -2.94. The second-order valence-corrected chi connectivity index (χ2v) is 10.0. The Morgan fingerprint density at radius 2 is 1.76 bits per heavy atom. The summed E-state index contributed by atoms with van der Waals surface area (Å²) in [5.74, 6) is -1.51. The highest BCUT2D eigenvalue weighted by atomic mass is 32.2. The van der Waals surface area contributed by atoms with Crippen LogP contribution in [-0.4, -0.2) is 50.5 Å². The van der Waals surface area contributed by atoms with Crippen LogP contribution in [-0.2, 0) is 26.2 Å². The summed E-state index contributed by atoms with van der Waals surface area (Å²) < 4.78 is 40.5. The maximum Gasteiger partial charge on any atom is 0.244 e. The van der Waals surface area contributed by atoms with E-state index in [1.54, 1.807) is 31.2 Å². The molecule has 1 unspecified atom stereocenters. The topological polar surface area (TPSA) is 86.8 Å². The first kappa shape index (κ1) is 26.3. The maximum atomic E-state index is 14.3. The molecule has 1 N–H and O–H groups in total. The van der Waals surface area contributed by atoms with Crippen LogP contribution in [0.4, 0.5) is 10.1 Å². The lowest BCUT2D eigenvalue weighted by molar-refractivity contribution is -0.139. The minimum Gasteiger partial charge on any atom is -0.354 e. The molecule has 0 radical (unpaired) electrons. The van der Waals surface area contributed by atoms with Gasteiger partial charge < -0.3 is 10.2 Å². The van der Waals surface area contributed by atoms with Crippen molar-refractivity contribution in [3.8, 4) is 0 Å². The number of sulfonamides is 1. The fraction of sp³-hybridized carbons (Fsp3) is 0.417. The molecule has 2 rings (SSSR count). The molecule has 9 heteroatoms. The molecule has 33 heavy (non-hydrogen) atoms. The number of hydrogen-bond acceptors (Lipinski definition) is 4. The zero-order valence-corrected chi connectivity index (χ0v) is 20.6. The molecule has 180 valence electrons. The number of rotatable bonds is 10. The van der Waals surface area contributed by atoms with Crippen LogP contribution in [0, 0.1) is 19.7 Å². The molecular weight excluding hydrogens is 445 g/mol. The lowest BCUT2D eigenvalue weighted by atomic mass is 10.1. The number of nitrogens with one attached hydrogen (secondary N) is 1. The molecule has 0 spiro atoms. The molecule has 0 aliphatic carbocycles. The first-order valence-electron chi connectivity index (χ1n) is 10.8. The van der Waals surface area contributed by atoms with E-state index in [1.165, 1.54) is 23.1 Å². The summed E-state index contributed by atoms with van der Waals surface area (Å²) in [6.45, 7) is 6.96. The van der Waals surface area contributed by atoms with Crippen molar-refractivity contribution in [3.63, 3.8) is 0 Å². The van der Waals surface area contributed by atoms with Gasteiger partial charge in [0.05, 0.1) is 11.9 Å². The number of anilines is 1. The lowest BCUT2D eigenvalue weighted by Gasteiger charge is -2.31. The first-order valence-corrected chi connectivity index (χ1v) is 12.7. The number of carbonyl (C=O) groups excluding carboxylic acids is 2. The summed E-state index contributed by atoms with van der Waals surface area (Å²) in [6, 6.07) is 10.2. The molecule has 0 heterocycles. The predicted octanol–water partition coefficient (Wildman–Crippen LogP) is 3.15. The number of halogens is 1. The van der Waals surface area contributed by atoms with Crippen LogP contribution in [0.3, 0.4) is 0 Å². The van der Waals surface area contributed by atoms with Gasteiger partial charge in [0, 0.05) is 18.7 Å². The van der Waals surface area contributed by atoms with E-state index in [4.69, 9.17) is 0 Å². The molecule has 2 amide bonds. The molecule has 2 aromatic rings. The maximum absolute atomic E-state index is 14.3. The largest absolute Gasteiger partial charge is 0.354 e. The Labute approximate surface area is 195 Å². The monoisotopic (exact) mass is 477 g/mol. The van der Waals surface area contributed by atoms with Crippen molar-refractivity contribution in [1.29, 1.82) is 0 Å². The zero-order chi connectivity index (χ0) is 24.8. The molecule has 1 atom stereocenters. The Bertz CT molecular complexity index is 1100. The van der Waals surface area contributed by atoms with Crippen LogP contribution < -0.4 is 9.62 Å². The summed E-state index contributed by atoms with van der Waals surface area (Å²) in [5, 5.41) is 2.74. The van der Waals surface area contributed by atoms with Crippen molar-refractivity contribution in [3.05, 3.63) is 65.0 Å². The fourth-order valence-electron chi connectivity index (χ4n) is 3.28. The van der Waals surface area contributed by atoms with E-state index in [-0.39, 0.29) is 12.1 Å². The van der Waals surface area contributed by atoms with Crippen molar-refractivity contribution in [2.45, 2.75) is 46.7 Å². The molecule has 7 nitrogen and oxygen atoms in total. The summed E-state index contributed by atoms with van der Waals surface area (Å²) in [7, 11) is -3.81. The molecule has 0 aliphatic rings. The fourth-order valence-corrected chi connectivity index (χ4v) is 4.12. The Morgan fingerprint density at radius 3 is 2.33 bits per heavy atom. The molecule has 2 aromatic carbocycles. The van der Waals surface area contributed by atoms with Gasteiger partial charge in [0.15, 0.2) is 0 Å². The predicted molar refractivity (Wildman–Crippen MR) is 128 cm³/mol. The first-order chi connectivity index (χ1) is 15.5. The van der Waals surface area contributed by atoms with Crippen molar-refractivity contribution in [2.24, 2.45) is 0 Å². The highest BCUT2D eigenvalue weighted by Crippen LogP contribution is 2.22. The highest BCUT2D eigenvalue weighted by molar-refractivity contribution is 7.92. The van der Waals surface area contributed by atoms with E-state index in [9.17, 15) is 22.4 Å². The number of nitrogens with zero attached hydrogens (tertiary/aromatic N) is 2. The minimum absolute atomic E-state index is 0.170. The van der Waals surface area contributed by atoms with Gasteiger partial charge in [-0.05, 0) is 56.5 Å². The van der Waals surface area contributed by atoms with Crippen LogP contribution in [0.2, 0.25) is 0 Å². The quantitative estimate of drug-likeness (QED) is 0.570. The van der Waals surface area contributed by atoms with E-state index in [2.05, 4.69) is 5.32 Å². The third-order valence-corrected chi connectivity index (χ3v) is 6.61. The SMILES string of the molecule is CCCNC(=O)C(C)N(Cc1ccccc1F)C(=O)CN(c1ccc(C)c(C)c1)S(C)(=O)=O. The number of aryl methyl sites for hydroxylation is 2. The number of hydrogen-bond donors (Lipinski definition) is 1. The minimum atomic E-state index is -3.81. The summed E-state index contributed by atoms with van der Waals surface area (Å²) >= 11 is 0. The van der Waals surface area contributed by atoms with Crippen molar-refractivity contribution < 1.29 is 22.4 Å². The summed E-state index contributed by atoms with van der Waals surface area (Å²) in [6.07, 6.45) is 1.74. The molecule has 0 aliphatic heterocycles. The summed E-state index contributed by atoms with van der Waals surface area (Å²) in [5.41, 5.74) is 2.45. The van der Waals surface area contributed by atoms with E-state index >= 15 is 0 Å². The van der Waals surface area contributed by atoms with Crippen LogP contribution >= 0.6 is 0 Å². The van der Waals surface area contributed by atoms with Crippen molar-refractivity contribution in [1.82, 2.24) is 10.2 Å². The molecule has 0 saturated carbocycles. The molecular formula is C24H32FN3O4S. The van der Waals surface area contributed by atoms with Gasteiger partial charge >= 0.3 is 0 Å². The van der Waals surface area contributed by atoms with Gasteiger partial charge in [-0.15, -0.1) is 0 Å². The van der Waals surface area contributed by atoms with Crippen LogP contribution in [0.15, 0.2) is 42.5 Å². The lowest BCUT2D eigenvalue weighted by Crippen LogP contribution is -2.51. The molecule has 0 fully saturated rings. The molecule has 0 bridgehead atoms. The zero-order valence-electron chi connectivity index (χ0n) is 19.8. The van der Waals surface area contributed by atoms with Crippen molar-refractivity contribution in [2.75, 3.05) is 23.7 Å². The molecule has 0 saturated heterocycles. The summed E-state index contributed by atoms with van der Waals surface area (Å²) in [4.78, 5) is 27.2. The van der Waals surface area contributed by atoms with Gasteiger partial charge in [-0.2, -0.15) is 0 Å². The standard InChI is InChI=1S/C24H32FN3O4S/c1-6-13-26-24(30)19(4)27(15-20-9-7-8-10-22(20)25)23(29)16-28(33(5,31)32)21-12-11-17(2)18(3)14-21/h7-12,14,19H,6,13,15-16H2,1-5H3,(H,26,30). The normalized spacial score (nSPS) is 12.2. The van der Waals surface area contributed by atoms with E-state index in [0.29, 0.717) is 18.7 Å². The number of benzene rings is 2. The van der Waals surface area contributed by atoms with Gasteiger partial charge in [0.2, 0.25) is 21.8 Å². The van der Waals surface area contributed by atoms with E-state index < -0.39 is 40.2 Å². The van der Waals surface area contributed by atoms with Crippen LogP contribution in [0.25, 0.3) is 0 Å². The Morgan fingerprint density at radius 1 is 1.09 bits per heavy atom.